The maximum absolute atomic E-state index is 13.0. The van der Waals surface area contributed by atoms with Gasteiger partial charge in [0.05, 0.1) is 19.1 Å². The summed E-state index contributed by atoms with van der Waals surface area (Å²) in [6.07, 6.45) is 3.77. The molecule has 4 rings (SSSR count). The van der Waals surface area contributed by atoms with Gasteiger partial charge in [0.15, 0.2) is 0 Å². The van der Waals surface area contributed by atoms with Crippen molar-refractivity contribution in [3.8, 4) is 16.9 Å². The third-order valence-electron chi connectivity index (χ3n) is 5.69. The van der Waals surface area contributed by atoms with Crippen LogP contribution in [0.15, 0.2) is 54.6 Å². The van der Waals surface area contributed by atoms with Gasteiger partial charge in [-0.25, -0.2) is 0 Å². The Balaban J connectivity index is 1.92. The van der Waals surface area contributed by atoms with Crippen molar-refractivity contribution in [2.45, 2.75) is 45.4 Å². The number of fused-ring (bicyclic) bond motifs is 2. The molecule has 0 N–H and O–H groups in total. The summed E-state index contributed by atoms with van der Waals surface area (Å²) >= 11 is 0. The molecule has 0 aliphatic carbocycles. The van der Waals surface area contributed by atoms with E-state index in [-0.39, 0.29) is 11.9 Å². The normalized spacial score (nSPS) is 14.1. The van der Waals surface area contributed by atoms with E-state index in [1.807, 2.05) is 19.1 Å². The van der Waals surface area contributed by atoms with Gasteiger partial charge in [0.1, 0.15) is 5.75 Å². The number of ether oxygens (including phenoxy) is 2. The zero-order chi connectivity index (χ0) is 20.2. The van der Waals surface area contributed by atoms with Crippen LogP contribution in [0.25, 0.3) is 21.9 Å². The van der Waals surface area contributed by atoms with Crippen LogP contribution in [0.4, 0.5) is 0 Å². The lowest BCUT2D eigenvalue weighted by Gasteiger charge is -2.23. The van der Waals surface area contributed by atoms with Crippen molar-refractivity contribution >= 4 is 16.7 Å². The van der Waals surface area contributed by atoms with E-state index >= 15 is 0 Å². The van der Waals surface area contributed by atoms with Crippen molar-refractivity contribution in [1.29, 1.82) is 0 Å². The number of hydrogen-bond acceptors (Lipinski definition) is 3. The van der Waals surface area contributed by atoms with E-state index in [4.69, 9.17) is 9.47 Å². The van der Waals surface area contributed by atoms with Crippen LogP contribution in [0.1, 0.15) is 50.2 Å². The molecule has 0 aromatic heterocycles. The molecule has 1 heterocycles. The molecule has 3 nitrogen and oxygen atoms in total. The number of benzene rings is 3. The Hall–Kier alpha value is -2.81. The Bertz CT molecular complexity index is 1020. The van der Waals surface area contributed by atoms with Gasteiger partial charge in [0.2, 0.25) is 0 Å². The van der Waals surface area contributed by atoms with Gasteiger partial charge in [-0.1, -0.05) is 55.8 Å². The van der Waals surface area contributed by atoms with Gasteiger partial charge < -0.3 is 9.47 Å². The summed E-state index contributed by atoms with van der Waals surface area (Å²) in [5.74, 6) is 0.583. The van der Waals surface area contributed by atoms with E-state index in [1.54, 1.807) is 0 Å². The Labute approximate surface area is 172 Å². The Kier molecular flexibility index (Phi) is 5.84. The number of carbonyl (C=O) groups excluding carboxylic acids is 1. The minimum absolute atomic E-state index is 0.131. The highest BCUT2D eigenvalue weighted by molar-refractivity contribution is 5.97. The van der Waals surface area contributed by atoms with Gasteiger partial charge in [-0.05, 0) is 71.3 Å². The molecule has 3 aromatic carbocycles. The van der Waals surface area contributed by atoms with E-state index in [0.29, 0.717) is 6.61 Å². The van der Waals surface area contributed by atoms with Crippen LogP contribution in [0.5, 0.6) is 5.75 Å². The van der Waals surface area contributed by atoms with Gasteiger partial charge >= 0.3 is 5.97 Å². The fourth-order valence-electron chi connectivity index (χ4n) is 4.36. The second-order valence-corrected chi connectivity index (χ2v) is 7.62. The van der Waals surface area contributed by atoms with Crippen LogP contribution < -0.4 is 4.74 Å². The average Bonchev–Trinajstić information content (AvgIpc) is 2.76. The van der Waals surface area contributed by atoms with Crippen LogP contribution in [0.2, 0.25) is 0 Å². The molecule has 3 heteroatoms. The molecule has 3 aromatic rings. The van der Waals surface area contributed by atoms with Crippen LogP contribution in [0, 0.1) is 0 Å². The molecule has 1 unspecified atom stereocenters. The molecular weight excluding hydrogens is 360 g/mol. The summed E-state index contributed by atoms with van der Waals surface area (Å²) in [7, 11) is 0. The summed E-state index contributed by atoms with van der Waals surface area (Å²) in [5, 5.41) is 2.28. The first-order chi connectivity index (χ1) is 14.2. The molecule has 1 aliphatic rings. The topological polar surface area (TPSA) is 35.5 Å². The first-order valence-corrected chi connectivity index (χ1v) is 10.7. The number of rotatable bonds is 6. The summed E-state index contributed by atoms with van der Waals surface area (Å²) < 4.78 is 11.3. The molecule has 0 bridgehead atoms. The SMILES string of the molecule is CCCC(C(=O)OCC)c1c(-c2ccc3c(c2)CCCO3)ccc2ccccc12. The van der Waals surface area contributed by atoms with Crippen molar-refractivity contribution in [2.24, 2.45) is 0 Å². The lowest BCUT2D eigenvalue weighted by Crippen LogP contribution is -2.17. The van der Waals surface area contributed by atoms with Crippen molar-refractivity contribution in [2.75, 3.05) is 13.2 Å². The lowest BCUT2D eigenvalue weighted by molar-refractivity contribution is -0.145. The smallest absolute Gasteiger partial charge is 0.313 e. The van der Waals surface area contributed by atoms with Gasteiger partial charge in [0, 0.05) is 0 Å². The Morgan fingerprint density at radius 1 is 1.10 bits per heavy atom. The van der Waals surface area contributed by atoms with Gasteiger partial charge in [-0.2, -0.15) is 0 Å². The molecule has 0 radical (unpaired) electrons. The molecule has 1 atom stereocenters. The van der Waals surface area contributed by atoms with E-state index in [0.717, 1.165) is 65.5 Å². The maximum atomic E-state index is 13.0. The number of aryl methyl sites for hydroxylation is 1. The molecule has 0 amide bonds. The summed E-state index contributed by atoms with van der Waals surface area (Å²) in [6.45, 7) is 5.17. The third-order valence-corrected chi connectivity index (χ3v) is 5.69. The molecule has 150 valence electrons. The van der Waals surface area contributed by atoms with Crippen molar-refractivity contribution in [1.82, 2.24) is 0 Å². The minimum Gasteiger partial charge on any atom is -0.493 e. The van der Waals surface area contributed by atoms with E-state index in [1.165, 1.54) is 5.56 Å². The summed E-state index contributed by atoms with van der Waals surface area (Å²) in [6, 6.07) is 19.0. The number of hydrogen-bond donors (Lipinski definition) is 0. The zero-order valence-electron chi connectivity index (χ0n) is 17.2. The molecule has 29 heavy (non-hydrogen) atoms. The molecule has 0 spiro atoms. The maximum Gasteiger partial charge on any atom is 0.313 e. The summed E-state index contributed by atoms with van der Waals surface area (Å²) in [5.41, 5.74) is 4.58. The summed E-state index contributed by atoms with van der Waals surface area (Å²) in [4.78, 5) is 13.0. The van der Waals surface area contributed by atoms with E-state index < -0.39 is 0 Å². The van der Waals surface area contributed by atoms with Crippen LogP contribution in [-0.4, -0.2) is 19.2 Å². The second-order valence-electron chi connectivity index (χ2n) is 7.62. The van der Waals surface area contributed by atoms with E-state index in [2.05, 4.69) is 49.4 Å². The first kappa shape index (κ1) is 19.5. The quantitative estimate of drug-likeness (QED) is 0.466. The van der Waals surface area contributed by atoms with E-state index in [9.17, 15) is 4.79 Å². The number of esters is 1. The highest BCUT2D eigenvalue weighted by Gasteiger charge is 2.26. The second kappa shape index (κ2) is 8.69. The zero-order valence-corrected chi connectivity index (χ0v) is 17.2. The average molecular weight is 389 g/mol. The minimum atomic E-state index is -0.270. The highest BCUT2D eigenvalue weighted by Crippen LogP contribution is 2.40. The lowest BCUT2D eigenvalue weighted by atomic mass is 9.83. The van der Waals surface area contributed by atoms with Crippen molar-refractivity contribution < 1.29 is 14.3 Å². The molecule has 0 fully saturated rings. The third kappa shape index (κ3) is 3.87. The van der Waals surface area contributed by atoms with Gasteiger partial charge in [-0.15, -0.1) is 0 Å². The fraction of sp³-hybridized carbons (Fsp3) is 0.346. The largest absolute Gasteiger partial charge is 0.493 e. The van der Waals surface area contributed by atoms with Gasteiger partial charge in [-0.3, -0.25) is 4.79 Å². The molecule has 1 aliphatic heterocycles. The number of carbonyl (C=O) groups is 1. The predicted molar refractivity (Wildman–Crippen MR) is 117 cm³/mol. The highest BCUT2D eigenvalue weighted by atomic mass is 16.5. The van der Waals surface area contributed by atoms with Gasteiger partial charge in [0.25, 0.3) is 0 Å². The van der Waals surface area contributed by atoms with Crippen molar-refractivity contribution in [3.63, 3.8) is 0 Å². The Morgan fingerprint density at radius 3 is 2.79 bits per heavy atom. The predicted octanol–water partition coefficient (Wildman–Crippen LogP) is 6.28. The fourth-order valence-corrected chi connectivity index (χ4v) is 4.36. The standard InChI is InChI=1S/C26H28O3/c1-3-8-23(26(27)28-4-2)25-21-11-6-5-9-18(21)12-14-22(25)19-13-15-24-20(17-19)10-7-16-29-24/h5-6,9,11-15,17,23H,3-4,7-8,10,16H2,1-2H3. The first-order valence-electron chi connectivity index (χ1n) is 10.7. The Morgan fingerprint density at radius 2 is 1.97 bits per heavy atom. The van der Waals surface area contributed by atoms with Crippen molar-refractivity contribution in [3.05, 3.63) is 65.7 Å². The molecular formula is C26H28O3. The molecule has 0 saturated carbocycles. The monoisotopic (exact) mass is 388 g/mol. The molecule has 0 saturated heterocycles. The van der Waals surface area contributed by atoms with Crippen LogP contribution in [0.3, 0.4) is 0 Å². The van der Waals surface area contributed by atoms with Crippen LogP contribution >= 0.6 is 0 Å². The van der Waals surface area contributed by atoms with Crippen LogP contribution in [-0.2, 0) is 16.0 Å².